The molecular weight excluding hydrogens is 308 g/mol. The molecule has 1 heterocycles. The Bertz CT molecular complexity index is 494. The number of rotatable bonds is 10. The van der Waals surface area contributed by atoms with Crippen molar-refractivity contribution in [1.29, 1.82) is 0 Å². The number of allylic oxidation sites excluding steroid dienone is 2. The highest BCUT2D eigenvalue weighted by atomic mass is 35.5. The number of hydrogen-bond acceptors (Lipinski definition) is 4. The highest BCUT2D eigenvalue weighted by Gasteiger charge is 2.18. The van der Waals surface area contributed by atoms with Gasteiger partial charge in [-0.25, -0.2) is 4.98 Å². The summed E-state index contributed by atoms with van der Waals surface area (Å²) in [6.07, 6.45) is 5.71. The van der Waals surface area contributed by atoms with E-state index < -0.39 is 0 Å². The first kappa shape index (κ1) is 19.5. The number of nitrogens with one attached hydrogen (secondary N) is 2. The molecular formula is C18H29ClN4. The predicted molar refractivity (Wildman–Crippen MR) is 101 cm³/mol. The van der Waals surface area contributed by atoms with Gasteiger partial charge in [-0.05, 0) is 23.7 Å². The van der Waals surface area contributed by atoms with Crippen LogP contribution in [0.25, 0.3) is 0 Å². The van der Waals surface area contributed by atoms with Crippen molar-refractivity contribution in [3.63, 3.8) is 0 Å². The fourth-order valence-corrected chi connectivity index (χ4v) is 2.34. The van der Waals surface area contributed by atoms with E-state index in [1.807, 2.05) is 12.2 Å². The van der Waals surface area contributed by atoms with E-state index in [2.05, 4.69) is 61.5 Å². The van der Waals surface area contributed by atoms with Crippen molar-refractivity contribution in [2.75, 3.05) is 23.7 Å². The molecule has 0 fully saturated rings. The second kappa shape index (κ2) is 8.34. The second-order valence-electron chi connectivity index (χ2n) is 7.42. The Kier molecular flexibility index (Phi) is 7.07. The fourth-order valence-electron chi connectivity index (χ4n) is 2.16. The average molecular weight is 337 g/mol. The molecule has 0 amide bonds. The van der Waals surface area contributed by atoms with Crippen LogP contribution in [-0.4, -0.2) is 23.1 Å². The zero-order valence-corrected chi connectivity index (χ0v) is 15.5. The number of halogens is 1. The average Bonchev–Trinajstić information content (AvgIpc) is 2.43. The van der Waals surface area contributed by atoms with Crippen LogP contribution in [0.1, 0.15) is 40.5 Å². The van der Waals surface area contributed by atoms with E-state index >= 15 is 0 Å². The predicted octanol–water partition coefficient (Wildman–Crippen LogP) is 5.16. The molecule has 0 saturated heterocycles. The first-order chi connectivity index (χ1) is 10.7. The van der Waals surface area contributed by atoms with Gasteiger partial charge in [0.2, 0.25) is 5.95 Å². The summed E-state index contributed by atoms with van der Waals surface area (Å²) in [5.41, 5.74) is 0.200. The van der Waals surface area contributed by atoms with Crippen molar-refractivity contribution in [3.8, 4) is 0 Å². The Morgan fingerprint density at radius 1 is 1.00 bits per heavy atom. The van der Waals surface area contributed by atoms with Crippen molar-refractivity contribution >= 4 is 23.4 Å². The van der Waals surface area contributed by atoms with Crippen molar-refractivity contribution in [1.82, 2.24) is 9.97 Å². The molecule has 1 aromatic rings. The van der Waals surface area contributed by atoms with Gasteiger partial charge in [0.1, 0.15) is 11.0 Å². The van der Waals surface area contributed by atoms with Crippen molar-refractivity contribution in [2.24, 2.45) is 10.8 Å². The van der Waals surface area contributed by atoms with Crippen LogP contribution in [0.5, 0.6) is 0 Å². The van der Waals surface area contributed by atoms with Gasteiger partial charge in [-0.1, -0.05) is 51.4 Å². The standard InChI is InChI=1S/C18H29ClN4/c1-7-9-17(3,4)12-20-15-11-14(19)22-16(23-15)21-13-18(5,6)10-8-2/h7-8,11H,1-2,9-10,12-13H2,3-6H3,(H2,20,21,22,23). The molecule has 0 aliphatic carbocycles. The molecule has 0 spiro atoms. The minimum absolute atomic E-state index is 0.0902. The molecule has 1 aromatic heterocycles. The normalized spacial score (nSPS) is 11.9. The Labute approximate surface area is 145 Å². The molecule has 0 atom stereocenters. The molecule has 0 bridgehead atoms. The number of anilines is 2. The fraction of sp³-hybridized carbons (Fsp3) is 0.556. The smallest absolute Gasteiger partial charge is 0.226 e. The second-order valence-corrected chi connectivity index (χ2v) is 7.81. The molecule has 0 saturated carbocycles. The highest BCUT2D eigenvalue weighted by Crippen LogP contribution is 2.24. The molecule has 128 valence electrons. The lowest BCUT2D eigenvalue weighted by Crippen LogP contribution is -2.24. The monoisotopic (exact) mass is 336 g/mol. The third-order valence-corrected chi connectivity index (χ3v) is 3.76. The summed E-state index contributed by atoms with van der Waals surface area (Å²) in [5.74, 6) is 1.27. The van der Waals surface area contributed by atoms with Crippen LogP contribution in [-0.2, 0) is 0 Å². The Balaban J connectivity index is 2.72. The van der Waals surface area contributed by atoms with E-state index in [4.69, 9.17) is 11.6 Å². The summed E-state index contributed by atoms with van der Waals surface area (Å²) in [4.78, 5) is 8.73. The van der Waals surface area contributed by atoms with E-state index in [-0.39, 0.29) is 10.8 Å². The number of aromatic nitrogens is 2. The van der Waals surface area contributed by atoms with Crippen LogP contribution < -0.4 is 10.6 Å². The third kappa shape index (κ3) is 7.51. The maximum Gasteiger partial charge on any atom is 0.226 e. The largest absolute Gasteiger partial charge is 0.369 e. The summed E-state index contributed by atoms with van der Waals surface area (Å²) in [5, 5.41) is 7.02. The van der Waals surface area contributed by atoms with Gasteiger partial charge in [-0.15, -0.1) is 13.2 Å². The first-order valence-electron chi connectivity index (χ1n) is 7.92. The highest BCUT2D eigenvalue weighted by molar-refractivity contribution is 6.29. The van der Waals surface area contributed by atoms with Crippen LogP contribution in [0, 0.1) is 10.8 Å². The van der Waals surface area contributed by atoms with E-state index in [9.17, 15) is 0 Å². The molecule has 0 aromatic carbocycles. The van der Waals surface area contributed by atoms with Gasteiger partial charge in [-0.3, -0.25) is 0 Å². The van der Waals surface area contributed by atoms with Crippen LogP contribution >= 0.6 is 11.6 Å². The molecule has 0 unspecified atom stereocenters. The Morgan fingerprint density at radius 2 is 1.52 bits per heavy atom. The third-order valence-electron chi connectivity index (χ3n) is 3.56. The van der Waals surface area contributed by atoms with E-state index in [1.165, 1.54) is 0 Å². The van der Waals surface area contributed by atoms with Gasteiger partial charge < -0.3 is 10.6 Å². The summed E-state index contributed by atoms with van der Waals surface area (Å²) >= 11 is 6.11. The summed E-state index contributed by atoms with van der Waals surface area (Å²) in [7, 11) is 0. The topological polar surface area (TPSA) is 49.8 Å². The van der Waals surface area contributed by atoms with Gasteiger partial charge in [-0.2, -0.15) is 4.98 Å². The Morgan fingerprint density at radius 3 is 2.04 bits per heavy atom. The molecule has 4 nitrogen and oxygen atoms in total. The van der Waals surface area contributed by atoms with E-state index in [1.54, 1.807) is 6.07 Å². The lowest BCUT2D eigenvalue weighted by molar-refractivity contribution is 0.396. The van der Waals surface area contributed by atoms with Crippen LogP contribution in [0.4, 0.5) is 11.8 Å². The maximum atomic E-state index is 6.11. The van der Waals surface area contributed by atoms with Gasteiger partial charge in [0.05, 0.1) is 0 Å². The lowest BCUT2D eigenvalue weighted by atomic mass is 9.89. The SMILES string of the molecule is C=CCC(C)(C)CNc1cc(Cl)nc(NCC(C)(C)CC=C)n1. The molecule has 2 N–H and O–H groups in total. The molecule has 23 heavy (non-hydrogen) atoms. The Hall–Kier alpha value is -1.55. The van der Waals surface area contributed by atoms with Crippen LogP contribution in [0.15, 0.2) is 31.4 Å². The number of nitrogens with zero attached hydrogens (tertiary/aromatic N) is 2. The van der Waals surface area contributed by atoms with E-state index in [0.717, 1.165) is 31.7 Å². The maximum absolute atomic E-state index is 6.11. The van der Waals surface area contributed by atoms with Crippen LogP contribution in [0.3, 0.4) is 0 Å². The lowest BCUT2D eigenvalue weighted by Gasteiger charge is -2.24. The van der Waals surface area contributed by atoms with Crippen LogP contribution in [0.2, 0.25) is 5.15 Å². The molecule has 5 heteroatoms. The summed E-state index contributed by atoms with van der Waals surface area (Å²) in [6, 6.07) is 1.74. The van der Waals surface area contributed by atoms with Gasteiger partial charge in [0, 0.05) is 19.2 Å². The van der Waals surface area contributed by atoms with Gasteiger partial charge >= 0.3 is 0 Å². The zero-order chi connectivity index (χ0) is 17.5. The zero-order valence-electron chi connectivity index (χ0n) is 14.7. The van der Waals surface area contributed by atoms with Gasteiger partial charge in [0.25, 0.3) is 0 Å². The number of hydrogen-bond donors (Lipinski definition) is 2. The molecule has 1 rings (SSSR count). The molecule has 0 radical (unpaired) electrons. The minimum atomic E-state index is 0.0902. The van der Waals surface area contributed by atoms with Crippen molar-refractivity contribution in [3.05, 3.63) is 36.5 Å². The first-order valence-corrected chi connectivity index (χ1v) is 8.29. The summed E-state index contributed by atoms with van der Waals surface area (Å²) in [6.45, 7) is 17.8. The summed E-state index contributed by atoms with van der Waals surface area (Å²) < 4.78 is 0. The van der Waals surface area contributed by atoms with Crippen molar-refractivity contribution < 1.29 is 0 Å². The van der Waals surface area contributed by atoms with Gasteiger partial charge in [0.15, 0.2) is 0 Å². The molecule has 0 aliphatic heterocycles. The molecule has 0 aliphatic rings. The quantitative estimate of drug-likeness (QED) is 0.457. The van der Waals surface area contributed by atoms with Crippen molar-refractivity contribution in [2.45, 2.75) is 40.5 Å². The minimum Gasteiger partial charge on any atom is -0.369 e. The van der Waals surface area contributed by atoms with E-state index in [0.29, 0.717) is 11.1 Å².